The maximum atomic E-state index is 11.6. The van der Waals surface area contributed by atoms with Crippen LogP contribution in [0, 0.1) is 5.41 Å². The van der Waals surface area contributed by atoms with E-state index in [2.05, 4.69) is 11.3 Å². The third-order valence-electron chi connectivity index (χ3n) is 2.98. The molecule has 0 aromatic rings. The van der Waals surface area contributed by atoms with Crippen molar-refractivity contribution in [2.75, 3.05) is 13.7 Å². The molecular formula is C10H14BNO3. The SMILES string of the molecule is [B]C(=O)N1CC(=C)C(C)(C)C1C(=O)OC. The van der Waals surface area contributed by atoms with E-state index in [9.17, 15) is 9.59 Å². The van der Waals surface area contributed by atoms with Crippen molar-refractivity contribution in [1.82, 2.24) is 4.90 Å². The zero-order valence-corrected chi connectivity index (χ0v) is 9.24. The Morgan fingerprint density at radius 1 is 1.60 bits per heavy atom. The minimum absolute atomic E-state index is 0.308. The van der Waals surface area contributed by atoms with Crippen molar-refractivity contribution >= 4 is 19.6 Å². The quantitative estimate of drug-likeness (QED) is 0.361. The first-order valence-electron chi connectivity index (χ1n) is 4.64. The molecule has 1 heterocycles. The minimum atomic E-state index is -0.674. The van der Waals surface area contributed by atoms with Crippen LogP contribution in [0.3, 0.4) is 0 Å². The number of hydrogen-bond donors (Lipinski definition) is 0. The number of hydrogen-bond acceptors (Lipinski definition) is 3. The lowest BCUT2D eigenvalue weighted by molar-refractivity contribution is -0.147. The Balaban J connectivity index is 3.09. The van der Waals surface area contributed by atoms with Crippen LogP contribution in [-0.4, -0.2) is 44.2 Å². The molecule has 1 rings (SSSR count). The van der Waals surface area contributed by atoms with Crippen LogP contribution in [0.2, 0.25) is 0 Å². The van der Waals surface area contributed by atoms with Gasteiger partial charge in [0.1, 0.15) is 6.04 Å². The summed E-state index contributed by atoms with van der Waals surface area (Å²) in [4.78, 5) is 24.0. The van der Waals surface area contributed by atoms with Crippen molar-refractivity contribution in [3.8, 4) is 0 Å². The Bertz CT molecular complexity index is 325. The van der Waals surface area contributed by atoms with Crippen molar-refractivity contribution in [2.45, 2.75) is 19.9 Å². The summed E-state index contributed by atoms with van der Waals surface area (Å²) in [5.74, 6) is -1.09. The molecule has 1 atom stereocenters. The second-order valence-corrected chi connectivity index (χ2v) is 4.22. The van der Waals surface area contributed by atoms with Gasteiger partial charge >= 0.3 is 5.97 Å². The number of esters is 1. The molecule has 1 fully saturated rings. The summed E-state index contributed by atoms with van der Waals surface area (Å²) in [6.07, 6.45) is 0. The molecule has 1 unspecified atom stereocenters. The topological polar surface area (TPSA) is 46.6 Å². The van der Waals surface area contributed by atoms with Crippen LogP contribution in [0.5, 0.6) is 0 Å². The second-order valence-electron chi connectivity index (χ2n) is 4.22. The lowest BCUT2D eigenvalue weighted by atomic mass is 9.81. The fraction of sp³-hybridized carbons (Fsp3) is 0.600. The van der Waals surface area contributed by atoms with Gasteiger partial charge in [0, 0.05) is 12.0 Å². The summed E-state index contributed by atoms with van der Waals surface area (Å²) in [5.41, 5.74) is 0.305. The zero-order valence-electron chi connectivity index (χ0n) is 9.24. The molecule has 0 aliphatic carbocycles. The Morgan fingerprint density at radius 2 is 2.13 bits per heavy atom. The summed E-state index contributed by atoms with van der Waals surface area (Å²) in [6, 6.07) is -0.674. The standard InChI is InChI=1S/C10H14BNO3/c1-6-5-12(9(11)14)7(8(13)15-4)10(6,2)3/h7H,1,5H2,2-4H3. The van der Waals surface area contributed by atoms with Crippen LogP contribution in [0.4, 0.5) is 4.79 Å². The molecule has 1 aliphatic rings. The number of methoxy groups -OCH3 is 1. The number of amides is 1. The normalized spacial score (nSPS) is 24.1. The first kappa shape index (κ1) is 11.8. The Labute approximate surface area is 90.7 Å². The fourth-order valence-corrected chi connectivity index (χ4v) is 1.82. The number of likely N-dealkylation sites (tertiary alicyclic amines) is 1. The van der Waals surface area contributed by atoms with Crippen molar-refractivity contribution in [3.63, 3.8) is 0 Å². The van der Waals surface area contributed by atoms with Gasteiger partial charge < -0.3 is 9.64 Å². The Kier molecular flexibility index (Phi) is 2.93. The van der Waals surface area contributed by atoms with Crippen molar-refractivity contribution in [1.29, 1.82) is 0 Å². The number of carbonyl (C=O) groups is 2. The monoisotopic (exact) mass is 207 g/mol. The smallest absolute Gasteiger partial charge is 0.329 e. The number of carbonyl (C=O) groups excluding carboxylic acids is 2. The average Bonchev–Trinajstić information content (AvgIpc) is 2.37. The third-order valence-corrected chi connectivity index (χ3v) is 2.98. The summed E-state index contributed by atoms with van der Waals surface area (Å²) < 4.78 is 4.67. The van der Waals surface area contributed by atoms with E-state index < -0.39 is 23.2 Å². The molecule has 0 spiro atoms. The van der Waals surface area contributed by atoms with Crippen molar-refractivity contribution in [3.05, 3.63) is 12.2 Å². The van der Waals surface area contributed by atoms with Gasteiger partial charge in [-0.05, 0) is 5.57 Å². The Morgan fingerprint density at radius 3 is 2.53 bits per heavy atom. The van der Waals surface area contributed by atoms with E-state index in [1.54, 1.807) is 0 Å². The molecular weight excluding hydrogens is 193 g/mol. The van der Waals surface area contributed by atoms with Crippen LogP contribution in [-0.2, 0) is 9.53 Å². The molecule has 0 saturated carbocycles. The van der Waals surface area contributed by atoms with Crippen LogP contribution >= 0.6 is 0 Å². The molecule has 0 N–H and O–H groups in total. The van der Waals surface area contributed by atoms with Crippen molar-refractivity contribution < 1.29 is 14.3 Å². The number of ether oxygens (including phenoxy) is 1. The number of nitrogens with zero attached hydrogens (tertiary/aromatic N) is 1. The predicted octanol–water partition coefficient (Wildman–Crippen LogP) is 0.714. The van der Waals surface area contributed by atoms with Crippen LogP contribution in [0.25, 0.3) is 0 Å². The molecule has 80 valence electrons. The van der Waals surface area contributed by atoms with Crippen LogP contribution in [0.15, 0.2) is 12.2 Å². The zero-order chi connectivity index (χ0) is 11.8. The predicted molar refractivity (Wildman–Crippen MR) is 56.6 cm³/mol. The van der Waals surface area contributed by atoms with E-state index in [0.717, 1.165) is 5.57 Å². The van der Waals surface area contributed by atoms with Gasteiger partial charge in [0.05, 0.1) is 7.11 Å². The molecule has 1 saturated heterocycles. The highest BCUT2D eigenvalue weighted by Crippen LogP contribution is 2.40. The molecule has 0 aromatic carbocycles. The average molecular weight is 207 g/mol. The van der Waals surface area contributed by atoms with Gasteiger partial charge in [-0.15, -0.1) is 0 Å². The molecule has 2 radical (unpaired) electrons. The Hall–Kier alpha value is -1.26. The first-order chi connectivity index (χ1) is 6.82. The van der Waals surface area contributed by atoms with Gasteiger partial charge in [0.15, 0.2) is 5.81 Å². The van der Waals surface area contributed by atoms with E-state index in [-0.39, 0.29) is 0 Å². The van der Waals surface area contributed by atoms with E-state index in [1.807, 2.05) is 13.8 Å². The lowest BCUT2D eigenvalue weighted by Crippen LogP contribution is -2.46. The number of rotatable bonds is 1. The third kappa shape index (κ3) is 1.78. The lowest BCUT2D eigenvalue weighted by Gasteiger charge is -2.29. The van der Waals surface area contributed by atoms with Gasteiger partial charge in [-0.1, -0.05) is 20.4 Å². The molecule has 1 aliphatic heterocycles. The largest absolute Gasteiger partial charge is 0.467 e. The van der Waals surface area contributed by atoms with Gasteiger partial charge in [-0.3, -0.25) is 4.79 Å². The molecule has 15 heavy (non-hydrogen) atoms. The summed E-state index contributed by atoms with van der Waals surface area (Å²) >= 11 is 0. The summed E-state index contributed by atoms with van der Waals surface area (Å²) in [5, 5.41) is 0. The molecule has 4 nitrogen and oxygen atoms in total. The molecule has 1 amide bonds. The van der Waals surface area contributed by atoms with Crippen LogP contribution in [0.1, 0.15) is 13.8 Å². The molecule has 0 aromatic heterocycles. The maximum absolute atomic E-state index is 11.6. The van der Waals surface area contributed by atoms with E-state index in [0.29, 0.717) is 6.54 Å². The van der Waals surface area contributed by atoms with Gasteiger partial charge in [-0.25, -0.2) is 4.79 Å². The minimum Gasteiger partial charge on any atom is -0.467 e. The highest BCUT2D eigenvalue weighted by Gasteiger charge is 2.49. The fourth-order valence-electron chi connectivity index (χ4n) is 1.82. The van der Waals surface area contributed by atoms with E-state index in [1.165, 1.54) is 12.0 Å². The summed E-state index contributed by atoms with van der Waals surface area (Å²) in [7, 11) is 6.49. The molecule has 0 bridgehead atoms. The second kappa shape index (κ2) is 3.72. The van der Waals surface area contributed by atoms with E-state index in [4.69, 9.17) is 7.85 Å². The van der Waals surface area contributed by atoms with Gasteiger partial charge in [0.25, 0.3) is 0 Å². The first-order valence-corrected chi connectivity index (χ1v) is 4.64. The summed E-state index contributed by atoms with van der Waals surface area (Å²) in [6.45, 7) is 7.85. The van der Waals surface area contributed by atoms with Crippen molar-refractivity contribution in [2.24, 2.45) is 5.41 Å². The van der Waals surface area contributed by atoms with Crippen LogP contribution < -0.4 is 0 Å². The highest BCUT2D eigenvalue weighted by molar-refractivity contribution is 6.57. The molecule has 5 heteroatoms. The maximum Gasteiger partial charge on any atom is 0.329 e. The van der Waals surface area contributed by atoms with E-state index >= 15 is 0 Å². The van der Waals surface area contributed by atoms with Gasteiger partial charge in [-0.2, -0.15) is 0 Å². The highest BCUT2D eigenvalue weighted by atomic mass is 16.5. The van der Waals surface area contributed by atoms with Gasteiger partial charge in [0.2, 0.25) is 7.85 Å².